The van der Waals surface area contributed by atoms with Gasteiger partial charge in [-0.3, -0.25) is 0 Å². The van der Waals surface area contributed by atoms with E-state index in [0.717, 1.165) is 6.54 Å². The van der Waals surface area contributed by atoms with E-state index in [9.17, 15) is 0 Å². The lowest BCUT2D eigenvalue weighted by molar-refractivity contribution is 0.549. The van der Waals surface area contributed by atoms with E-state index in [-0.39, 0.29) is 5.41 Å². The number of hydrogen-bond donors (Lipinski definition) is 2. The van der Waals surface area contributed by atoms with Gasteiger partial charge in [0.25, 0.3) is 0 Å². The molecule has 0 aliphatic rings. The molecular weight excluding hydrogens is 220 g/mol. The Morgan fingerprint density at radius 3 is 1.89 bits per heavy atom. The van der Waals surface area contributed by atoms with Crippen LogP contribution in [0.3, 0.4) is 0 Å². The third-order valence-corrected chi connectivity index (χ3v) is 3.56. The number of aryl methyl sites for hydroxylation is 2. The average molecular weight is 248 g/mol. The van der Waals surface area contributed by atoms with Crippen LogP contribution in [0.25, 0.3) is 0 Å². The summed E-state index contributed by atoms with van der Waals surface area (Å²) in [6.45, 7) is 12.2. The number of benzene rings is 1. The summed E-state index contributed by atoms with van der Waals surface area (Å²) < 4.78 is 0. The number of rotatable bonds is 4. The minimum atomic E-state index is 0.214. The Morgan fingerprint density at radius 1 is 1.06 bits per heavy atom. The molecule has 0 saturated heterocycles. The first-order valence-corrected chi connectivity index (χ1v) is 6.74. The lowest BCUT2D eigenvalue weighted by Crippen LogP contribution is -2.29. The van der Waals surface area contributed by atoms with Crippen LogP contribution in [-0.4, -0.2) is 20.6 Å². The fourth-order valence-electron chi connectivity index (χ4n) is 2.51. The van der Waals surface area contributed by atoms with Crippen molar-refractivity contribution in [2.75, 3.05) is 20.6 Å². The van der Waals surface area contributed by atoms with Gasteiger partial charge in [-0.15, -0.1) is 0 Å². The molecule has 0 heterocycles. The van der Waals surface area contributed by atoms with E-state index < -0.39 is 0 Å². The Labute approximate surface area is 112 Å². The van der Waals surface area contributed by atoms with E-state index in [1.54, 1.807) is 0 Å². The molecular formula is C16H28N2. The van der Waals surface area contributed by atoms with Gasteiger partial charge in [-0.05, 0) is 55.6 Å². The number of hydrogen-bond acceptors (Lipinski definition) is 2. The fraction of sp³-hybridized carbons (Fsp3) is 0.625. The Hall–Kier alpha value is -0.860. The van der Waals surface area contributed by atoms with Crippen LogP contribution in [0.2, 0.25) is 0 Å². The van der Waals surface area contributed by atoms with Crippen LogP contribution in [0, 0.1) is 13.8 Å². The summed E-state index contributed by atoms with van der Waals surface area (Å²) in [5.74, 6) is 0. The van der Waals surface area contributed by atoms with E-state index in [1.165, 1.54) is 22.3 Å². The second kappa shape index (κ2) is 5.85. The van der Waals surface area contributed by atoms with Gasteiger partial charge in [0.1, 0.15) is 0 Å². The normalized spacial score (nSPS) is 13.7. The quantitative estimate of drug-likeness (QED) is 0.855. The minimum absolute atomic E-state index is 0.214. The van der Waals surface area contributed by atoms with Crippen molar-refractivity contribution in [2.24, 2.45) is 0 Å². The van der Waals surface area contributed by atoms with Crippen LogP contribution >= 0.6 is 0 Å². The maximum atomic E-state index is 3.40. The van der Waals surface area contributed by atoms with Crippen LogP contribution in [0.4, 0.5) is 0 Å². The summed E-state index contributed by atoms with van der Waals surface area (Å²) in [4.78, 5) is 0. The van der Waals surface area contributed by atoms with E-state index in [2.05, 4.69) is 57.4 Å². The maximum Gasteiger partial charge on any atom is 0.0449 e. The molecule has 1 aromatic rings. The van der Waals surface area contributed by atoms with Crippen LogP contribution in [-0.2, 0) is 5.41 Å². The molecule has 2 N–H and O–H groups in total. The Bertz CT molecular complexity index is 379. The van der Waals surface area contributed by atoms with Gasteiger partial charge in [0, 0.05) is 12.6 Å². The van der Waals surface area contributed by atoms with Gasteiger partial charge >= 0.3 is 0 Å². The van der Waals surface area contributed by atoms with Gasteiger partial charge in [-0.25, -0.2) is 0 Å². The Morgan fingerprint density at radius 2 is 1.56 bits per heavy atom. The molecule has 0 saturated carbocycles. The molecule has 0 bridgehead atoms. The first-order chi connectivity index (χ1) is 8.31. The predicted octanol–water partition coefficient (Wildman–Crippen LogP) is 3.08. The summed E-state index contributed by atoms with van der Waals surface area (Å²) >= 11 is 0. The van der Waals surface area contributed by atoms with Crippen molar-refractivity contribution in [2.45, 2.75) is 46.1 Å². The van der Waals surface area contributed by atoms with Crippen molar-refractivity contribution in [1.82, 2.24) is 10.6 Å². The van der Waals surface area contributed by atoms with Crippen LogP contribution in [0.1, 0.15) is 49.1 Å². The summed E-state index contributed by atoms with van der Waals surface area (Å²) in [6, 6.07) is 5.05. The van der Waals surface area contributed by atoms with Crippen molar-refractivity contribution in [3.05, 3.63) is 34.4 Å². The molecule has 1 atom stereocenters. The Kier molecular flexibility index (Phi) is 4.94. The lowest BCUT2D eigenvalue weighted by atomic mass is 9.82. The largest absolute Gasteiger partial charge is 0.318 e. The van der Waals surface area contributed by atoms with E-state index in [4.69, 9.17) is 0 Å². The van der Waals surface area contributed by atoms with Crippen molar-refractivity contribution in [3.63, 3.8) is 0 Å². The van der Waals surface area contributed by atoms with Crippen LogP contribution in [0.15, 0.2) is 12.1 Å². The SMILES string of the molecule is CNCC(NC)c1c(C)cc(C(C)(C)C)cc1C. The number of nitrogens with one attached hydrogen (secondary N) is 2. The fourth-order valence-corrected chi connectivity index (χ4v) is 2.51. The molecule has 0 radical (unpaired) electrons. The lowest BCUT2D eigenvalue weighted by Gasteiger charge is -2.26. The second-order valence-corrected chi connectivity index (χ2v) is 6.17. The van der Waals surface area contributed by atoms with E-state index >= 15 is 0 Å². The molecule has 18 heavy (non-hydrogen) atoms. The molecule has 2 heteroatoms. The highest BCUT2D eigenvalue weighted by Gasteiger charge is 2.19. The topological polar surface area (TPSA) is 24.1 Å². The predicted molar refractivity (Wildman–Crippen MR) is 80.3 cm³/mol. The van der Waals surface area contributed by atoms with Crippen LogP contribution in [0.5, 0.6) is 0 Å². The molecule has 0 amide bonds. The highest BCUT2D eigenvalue weighted by molar-refractivity contribution is 5.42. The molecule has 0 spiro atoms. The summed E-state index contributed by atoms with van der Waals surface area (Å²) in [5, 5.41) is 6.65. The summed E-state index contributed by atoms with van der Waals surface area (Å²) in [6.07, 6.45) is 0. The zero-order valence-electron chi connectivity index (χ0n) is 12.9. The molecule has 0 fully saturated rings. The van der Waals surface area contributed by atoms with E-state index in [0.29, 0.717) is 6.04 Å². The molecule has 2 nitrogen and oxygen atoms in total. The monoisotopic (exact) mass is 248 g/mol. The first kappa shape index (κ1) is 15.2. The highest BCUT2D eigenvalue weighted by Crippen LogP contribution is 2.29. The Balaban J connectivity index is 3.23. The van der Waals surface area contributed by atoms with Crippen molar-refractivity contribution >= 4 is 0 Å². The second-order valence-electron chi connectivity index (χ2n) is 6.17. The third-order valence-electron chi connectivity index (χ3n) is 3.56. The molecule has 0 aliphatic carbocycles. The zero-order valence-corrected chi connectivity index (χ0v) is 12.9. The summed E-state index contributed by atoms with van der Waals surface area (Å²) in [7, 11) is 4.02. The van der Waals surface area contributed by atoms with Gasteiger partial charge in [-0.2, -0.15) is 0 Å². The first-order valence-electron chi connectivity index (χ1n) is 6.74. The number of likely N-dealkylation sites (N-methyl/N-ethyl adjacent to an activating group) is 2. The highest BCUT2D eigenvalue weighted by atomic mass is 14.9. The molecule has 0 aliphatic heterocycles. The molecule has 1 unspecified atom stereocenters. The van der Waals surface area contributed by atoms with Gasteiger partial charge in [0.2, 0.25) is 0 Å². The van der Waals surface area contributed by atoms with Crippen LogP contribution < -0.4 is 10.6 Å². The van der Waals surface area contributed by atoms with Gasteiger partial charge in [0.05, 0.1) is 0 Å². The van der Waals surface area contributed by atoms with Gasteiger partial charge in [-0.1, -0.05) is 32.9 Å². The average Bonchev–Trinajstić information content (AvgIpc) is 2.25. The van der Waals surface area contributed by atoms with E-state index in [1.807, 2.05) is 14.1 Å². The third kappa shape index (κ3) is 3.33. The van der Waals surface area contributed by atoms with Crippen molar-refractivity contribution < 1.29 is 0 Å². The zero-order chi connectivity index (χ0) is 13.9. The maximum absolute atomic E-state index is 3.40. The molecule has 1 rings (SSSR count). The molecule has 102 valence electrons. The van der Waals surface area contributed by atoms with Crippen molar-refractivity contribution in [3.8, 4) is 0 Å². The minimum Gasteiger partial charge on any atom is -0.318 e. The summed E-state index contributed by atoms with van der Waals surface area (Å²) in [5.41, 5.74) is 5.83. The smallest absolute Gasteiger partial charge is 0.0449 e. The van der Waals surface area contributed by atoms with Gasteiger partial charge < -0.3 is 10.6 Å². The standard InChI is InChI=1S/C16H28N2/c1-11-8-13(16(3,4)5)9-12(2)15(11)14(18-7)10-17-6/h8-9,14,17-18H,10H2,1-7H3. The molecule has 1 aromatic carbocycles. The molecule has 0 aromatic heterocycles. The van der Waals surface area contributed by atoms with Crippen molar-refractivity contribution in [1.29, 1.82) is 0 Å². The van der Waals surface area contributed by atoms with Gasteiger partial charge in [0.15, 0.2) is 0 Å².